The van der Waals surface area contributed by atoms with Gasteiger partial charge in [-0.15, -0.1) is 0 Å². The number of nitrogens with one attached hydrogen (secondary N) is 1. The summed E-state index contributed by atoms with van der Waals surface area (Å²) in [6.07, 6.45) is 6.56. The molecule has 0 aromatic heterocycles. The Morgan fingerprint density at radius 2 is 1.72 bits per heavy atom. The number of rotatable bonds is 11. The van der Waals surface area contributed by atoms with Gasteiger partial charge in [0, 0.05) is 24.6 Å². The third-order valence-electron chi connectivity index (χ3n) is 7.24. The van der Waals surface area contributed by atoms with Crippen LogP contribution in [0.1, 0.15) is 56.6 Å². The van der Waals surface area contributed by atoms with Crippen molar-refractivity contribution >= 4 is 17.8 Å². The Balaban J connectivity index is 1.41. The average Bonchev–Trinajstić information content (AvgIpc) is 3.33. The second kappa shape index (κ2) is 12.0. The molecule has 1 heterocycles. The number of carbonyl (C=O) groups excluding carboxylic acids is 3. The van der Waals surface area contributed by atoms with Gasteiger partial charge in [-0.2, -0.15) is 0 Å². The summed E-state index contributed by atoms with van der Waals surface area (Å²) in [7, 11) is 0. The second-order valence-corrected chi connectivity index (χ2v) is 9.74. The number of nitrogens with zero attached hydrogens (tertiary/aromatic N) is 1. The highest BCUT2D eigenvalue weighted by atomic mass is 16.5. The van der Waals surface area contributed by atoms with E-state index in [1.54, 1.807) is 11.8 Å². The number of esters is 1. The van der Waals surface area contributed by atoms with Gasteiger partial charge in [-0.05, 0) is 56.6 Å². The molecule has 2 amide bonds. The zero-order valence-corrected chi connectivity index (χ0v) is 21.1. The molecule has 0 unspecified atom stereocenters. The number of ether oxygens (including phenoxy) is 1. The van der Waals surface area contributed by atoms with E-state index in [9.17, 15) is 14.4 Å². The minimum atomic E-state index is -0.862. The van der Waals surface area contributed by atoms with Gasteiger partial charge in [-0.3, -0.25) is 14.4 Å². The minimum absolute atomic E-state index is 0.0806. The first-order chi connectivity index (χ1) is 17.5. The van der Waals surface area contributed by atoms with Crippen molar-refractivity contribution in [3.05, 3.63) is 83.6 Å². The Bertz CT molecular complexity index is 1080. The van der Waals surface area contributed by atoms with E-state index in [0.717, 1.165) is 30.5 Å². The van der Waals surface area contributed by atoms with Crippen molar-refractivity contribution in [2.45, 2.75) is 58.4 Å². The molecule has 190 valence electrons. The van der Waals surface area contributed by atoms with Crippen LogP contribution in [0.15, 0.2) is 72.4 Å². The molecular formula is C30H36N2O4. The van der Waals surface area contributed by atoms with E-state index in [1.807, 2.05) is 54.6 Å². The maximum atomic E-state index is 13.6. The topological polar surface area (TPSA) is 75.7 Å². The van der Waals surface area contributed by atoms with E-state index in [4.69, 9.17) is 4.74 Å². The predicted molar refractivity (Wildman–Crippen MR) is 138 cm³/mol. The van der Waals surface area contributed by atoms with E-state index in [0.29, 0.717) is 32.4 Å². The predicted octanol–water partition coefficient (Wildman–Crippen LogP) is 4.79. The van der Waals surface area contributed by atoms with Gasteiger partial charge in [0.1, 0.15) is 5.41 Å². The molecule has 6 heteroatoms. The average molecular weight is 489 g/mol. The Labute approximate surface area is 213 Å². The van der Waals surface area contributed by atoms with Crippen LogP contribution in [0.5, 0.6) is 0 Å². The summed E-state index contributed by atoms with van der Waals surface area (Å²) in [6.45, 7) is 3.04. The number of allylic oxidation sites excluding steroid dienone is 1. The normalized spacial score (nSPS) is 21.0. The molecule has 1 fully saturated rings. The summed E-state index contributed by atoms with van der Waals surface area (Å²) in [5.41, 5.74) is 2.16. The van der Waals surface area contributed by atoms with Crippen LogP contribution in [-0.4, -0.2) is 35.8 Å². The highest BCUT2D eigenvalue weighted by Gasteiger charge is 2.55. The quantitative estimate of drug-likeness (QED) is 0.364. The molecule has 1 aliphatic carbocycles. The molecule has 4 rings (SSSR count). The first-order valence-corrected chi connectivity index (χ1v) is 13.1. The van der Waals surface area contributed by atoms with Gasteiger partial charge in [0.15, 0.2) is 0 Å². The molecule has 1 saturated heterocycles. The van der Waals surface area contributed by atoms with Crippen LogP contribution in [0.2, 0.25) is 0 Å². The molecule has 36 heavy (non-hydrogen) atoms. The van der Waals surface area contributed by atoms with Gasteiger partial charge in [0.2, 0.25) is 11.8 Å². The largest absolute Gasteiger partial charge is 0.465 e. The summed E-state index contributed by atoms with van der Waals surface area (Å²) >= 11 is 0. The molecule has 0 radical (unpaired) electrons. The molecule has 1 aliphatic heterocycles. The zero-order chi connectivity index (χ0) is 25.4. The minimum Gasteiger partial charge on any atom is -0.465 e. The molecule has 6 nitrogen and oxygen atoms in total. The first kappa shape index (κ1) is 25.7. The van der Waals surface area contributed by atoms with Crippen molar-refractivity contribution in [3.63, 3.8) is 0 Å². The van der Waals surface area contributed by atoms with Gasteiger partial charge in [-0.25, -0.2) is 0 Å². The summed E-state index contributed by atoms with van der Waals surface area (Å²) in [4.78, 5) is 41.4. The van der Waals surface area contributed by atoms with Crippen LogP contribution in [0.3, 0.4) is 0 Å². The van der Waals surface area contributed by atoms with Crippen LogP contribution in [-0.2, 0) is 32.1 Å². The lowest BCUT2D eigenvalue weighted by atomic mass is 9.71. The van der Waals surface area contributed by atoms with E-state index in [2.05, 4.69) is 17.4 Å². The fourth-order valence-corrected chi connectivity index (χ4v) is 5.47. The van der Waals surface area contributed by atoms with Gasteiger partial charge >= 0.3 is 5.97 Å². The molecule has 2 aliphatic rings. The van der Waals surface area contributed by atoms with Gasteiger partial charge < -0.3 is 15.0 Å². The molecule has 2 aromatic carbocycles. The summed E-state index contributed by atoms with van der Waals surface area (Å²) in [5, 5.41) is 2.99. The van der Waals surface area contributed by atoms with E-state index < -0.39 is 11.3 Å². The first-order valence-electron chi connectivity index (χ1n) is 13.1. The SMILES string of the molecule is CCOC(=O)[C@]12CCC=C1N(Cc1ccccc1)C(=O)[C@H](CC(=O)NCCCCc1ccccc1)C2. The Morgan fingerprint density at radius 3 is 2.42 bits per heavy atom. The lowest BCUT2D eigenvalue weighted by Crippen LogP contribution is -2.52. The highest BCUT2D eigenvalue weighted by molar-refractivity contribution is 5.92. The van der Waals surface area contributed by atoms with Crippen LogP contribution >= 0.6 is 0 Å². The molecule has 2 aromatic rings. The number of aryl methyl sites for hydroxylation is 1. The Hall–Kier alpha value is -3.41. The van der Waals surface area contributed by atoms with Crippen molar-refractivity contribution in [3.8, 4) is 0 Å². The van der Waals surface area contributed by atoms with Crippen LogP contribution in [0.25, 0.3) is 0 Å². The number of benzene rings is 2. The molecule has 0 bridgehead atoms. The maximum absolute atomic E-state index is 13.6. The molecule has 1 N–H and O–H groups in total. The number of fused-ring (bicyclic) bond motifs is 1. The maximum Gasteiger partial charge on any atom is 0.318 e. The van der Waals surface area contributed by atoms with Crippen molar-refractivity contribution in [1.29, 1.82) is 0 Å². The Kier molecular flexibility index (Phi) is 8.57. The van der Waals surface area contributed by atoms with E-state index in [1.165, 1.54) is 5.56 Å². The third-order valence-corrected chi connectivity index (χ3v) is 7.24. The Morgan fingerprint density at radius 1 is 1.03 bits per heavy atom. The standard InChI is InChI=1S/C30H36N2O4/c1-2-36-29(35)30-18-11-17-26(30)32(22-24-15-7-4-8-16-24)28(34)25(21-30)20-27(33)31-19-10-9-14-23-12-5-3-6-13-23/h3-8,12-13,15-17,25H,2,9-11,14,18-22H2,1H3,(H,31,33)/t25-,30+/m1/s1. The molecule has 2 atom stereocenters. The number of unbranched alkanes of at least 4 members (excludes halogenated alkanes) is 1. The fourth-order valence-electron chi connectivity index (χ4n) is 5.47. The van der Waals surface area contributed by atoms with E-state index >= 15 is 0 Å². The lowest BCUT2D eigenvalue weighted by Gasteiger charge is -2.44. The number of amides is 2. The summed E-state index contributed by atoms with van der Waals surface area (Å²) in [5.74, 6) is -1.08. The van der Waals surface area contributed by atoms with Crippen molar-refractivity contribution < 1.29 is 19.1 Å². The molecule has 0 saturated carbocycles. The number of carbonyl (C=O) groups is 3. The van der Waals surface area contributed by atoms with E-state index in [-0.39, 0.29) is 30.8 Å². The van der Waals surface area contributed by atoms with Crippen molar-refractivity contribution in [1.82, 2.24) is 10.2 Å². The number of piperidine rings is 1. The summed E-state index contributed by atoms with van der Waals surface area (Å²) < 4.78 is 5.48. The van der Waals surface area contributed by atoms with Crippen molar-refractivity contribution in [2.24, 2.45) is 11.3 Å². The third kappa shape index (κ3) is 5.86. The number of likely N-dealkylation sites (tertiary alicyclic amines) is 1. The van der Waals surface area contributed by atoms with Crippen LogP contribution in [0.4, 0.5) is 0 Å². The van der Waals surface area contributed by atoms with Gasteiger partial charge in [0.05, 0.1) is 13.2 Å². The van der Waals surface area contributed by atoms with Crippen LogP contribution in [0, 0.1) is 11.3 Å². The fraction of sp³-hybridized carbons (Fsp3) is 0.433. The van der Waals surface area contributed by atoms with Gasteiger partial charge in [-0.1, -0.05) is 66.7 Å². The number of hydrogen-bond acceptors (Lipinski definition) is 4. The summed E-state index contributed by atoms with van der Waals surface area (Å²) in [6, 6.07) is 20.1. The highest BCUT2D eigenvalue weighted by Crippen LogP contribution is 2.51. The lowest BCUT2D eigenvalue weighted by molar-refractivity contribution is -0.161. The van der Waals surface area contributed by atoms with Gasteiger partial charge in [0.25, 0.3) is 0 Å². The van der Waals surface area contributed by atoms with Crippen LogP contribution < -0.4 is 5.32 Å². The molecular weight excluding hydrogens is 452 g/mol. The monoisotopic (exact) mass is 488 g/mol. The number of hydrogen-bond donors (Lipinski definition) is 1. The van der Waals surface area contributed by atoms with Crippen molar-refractivity contribution in [2.75, 3.05) is 13.2 Å². The second-order valence-electron chi connectivity index (χ2n) is 9.74. The zero-order valence-electron chi connectivity index (χ0n) is 21.1. The smallest absolute Gasteiger partial charge is 0.318 e. The molecule has 0 spiro atoms.